The van der Waals surface area contributed by atoms with Gasteiger partial charge in [-0.05, 0) is 35.8 Å². The zero-order valence-corrected chi connectivity index (χ0v) is 20.0. The highest BCUT2D eigenvalue weighted by molar-refractivity contribution is 7.89. The molecule has 0 atom stereocenters. The molecule has 0 unspecified atom stereocenters. The summed E-state index contributed by atoms with van der Waals surface area (Å²) in [5.41, 5.74) is 8.90. The van der Waals surface area contributed by atoms with Crippen molar-refractivity contribution < 1.29 is 17.6 Å². The van der Waals surface area contributed by atoms with Crippen LogP contribution < -0.4 is 16.2 Å². The number of allylic oxidation sites excluding steroid dienone is 3. The molecule has 0 fully saturated rings. The molecule has 4 rings (SSSR count). The topological polar surface area (TPSA) is 182 Å². The third-order valence-corrected chi connectivity index (χ3v) is 6.30. The molecule has 0 bridgehead atoms. The zero-order valence-electron chi connectivity index (χ0n) is 19.2. The van der Waals surface area contributed by atoms with Crippen LogP contribution in [0, 0.1) is 5.82 Å². The first-order valence-corrected chi connectivity index (χ1v) is 12.4. The third kappa shape index (κ3) is 5.53. The van der Waals surface area contributed by atoms with E-state index in [0.717, 1.165) is 11.8 Å². The second-order valence-electron chi connectivity index (χ2n) is 7.91. The van der Waals surface area contributed by atoms with Gasteiger partial charge in [0.05, 0.1) is 28.6 Å². The molecule has 0 spiro atoms. The molecule has 6 N–H and O–H groups in total. The molecule has 0 aliphatic heterocycles. The highest BCUT2D eigenvalue weighted by Crippen LogP contribution is 2.28. The Morgan fingerprint density at radius 2 is 2.11 bits per heavy atom. The van der Waals surface area contributed by atoms with Crippen LogP contribution in [-0.4, -0.2) is 40.2 Å². The minimum atomic E-state index is -3.90. The summed E-state index contributed by atoms with van der Waals surface area (Å²) in [7, 11) is -3.90. The van der Waals surface area contributed by atoms with E-state index < -0.39 is 21.7 Å². The van der Waals surface area contributed by atoms with E-state index in [9.17, 15) is 17.6 Å². The summed E-state index contributed by atoms with van der Waals surface area (Å²) in [5.74, 6) is -1.57. The van der Waals surface area contributed by atoms with E-state index in [4.69, 9.17) is 10.9 Å². The van der Waals surface area contributed by atoms with Gasteiger partial charge in [0.25, 0.3) is 5.91 Å². The first-order valence-electron chi connectivity index (χ1n) is 10.9. The SMILES string of the molecule is CCc1cn[nH]c1C(C(N)=O)=C1C=CCC(=Nc2nc(Nc3cccc(S(N)(=O)=O)c3)ncc2F)C1. The van der Waals surface area contributed by atoms with Crippen LogP contribution in [0.15, 0.2) is 64.3 Å². The normalized spacial score (nSPS) is 16.2. The number of primary sulfonamides is 1. The molecule has 1 aliphatic carbocycles. The molecule has 36 heavy (non-hydrogen) atoms. The Morgan fingerprint density at radius 1 is 1.31 bits per heavy atom. The van der Waals surface area contributed by atoms with Crippen molar-refractivity contribution in [1.82, 2.24) is 20.2 Å². The van der Waals surface area contributed by atoms with Crippen LogP contribution in [0.5, 0.6) is 0 Å². The average Bonchev–Trinajstić information content (AvgIpc) is 3.29. The number of hydrogen-bond acceptors (Lipinski definition) is 8. The second-order valence-corrected chi connectivity index (χ2v) is 9.47. The number of aromatic nitrogens is 4. The Kier molecular flexibility index (Phi) is 7.03. The summed E-state index contributed by atoms with van der Waals surface area (Å²) in [4.78, 5) is 24.6. The van der Waals surface area contributed by atoms with Crippen molar-refractivity contribution >= 4 is 44.7 Å². The van der Waals surface area contributed by atoms with Gasteiger partial charge in [0.15, 0.2) is 11.6 Å². The predicted molar refractivity (Wildman–Crippen MR) is 133 cm³/mol. The second kappa shape index (κ2) is 10.2. The molecular weight excluding hydrogens is 487 g/mol. The Morgan fingerprint density at radius 3 is 2.83 bits per heavy atom. The smallest absolute Gasteiger partial charge is 0.251 e. The maximum Gasteiger partial charge on any atom is 0.251 e. The number of H-pyrrole nitrogens is 1. The van der Waals surface area contributed by atoms with E-state index >= 15 is 0 Å². The molecule has 0 saturated heterocycles. The number of primary amides is 1. The fourth-order valence-electron chi connectivity index (χ4n) is 3.71. The van der Waals surface area contributed by atoms with Crippen LogP contribution in [0.2, 0.25) is 0 Å². The van der Waals surface area contributed by atoms with Crippen LogP contribution in [0.1, 0.15) is 31.0 Å². The molecule has 1 amide bonds. The molecule has 0 saturated carbocycles. The summed E-state index contributed by atoms with van der Waals surface area (Å²) in [6.45, 7) is 1.94. The quantitative estimate of drug-likeness (QED) is 0.352. The summed E-state index contributed by atoms with van der Waals surface area (Å²) < 4.78 is 37.7. The zero-order chi connectivity index (χ0) is 25.9. The molecule has 0 radical (unpaired) electrons. The fraction of sp³-hybridized carbons (Fsp3) is 0.174. The van der Waals surface area contributed by atoms with Crippen LogP contribution in [0.4, 0.5) is 21.8 Å². The van der Waals surface area contributed by atoms with Crippen LogP contribution >= 0.6 is 0 Å². The van der Waals surface area contributed by atoms with Crippen LogP contribution in [0.3, 0.4) is 0 Å². The number of anilines is 2. The van der Waals surface area contributed by atoms with E-state index in [-0.39, 0.29) is 23.1 Å². The summed E-state index contributed by atoms with van der Waals surface area (Å²) in [6.07, 6.45) is 7.52. The number of rotatable bonds is 7. The summed E-state index contributed by atoms with van der Waals surface area (Å²) in [6, 6.07) is 5.73. The van der Waals surface area contributed by atoms with E-state index in [0.29, 0.717) is 41.1 Å². The first kappa shape index (κ1) is 24.9. The highest BCUT2D eigenvalue weighted by Gasteiger charge is 2.21. The summed E-state index contributed by atoms with van der Waals surface area (Å²) >= 11 is 0. The van der Waals surface area contributed by atoms with Crippen molar-refractivity contribution in [1.29, 1.82) is 0 Å². The number of aromatic amines is 1. The molecule has 2 heterocycles. The Labute approximate surface area is 206 Å². The molecule has 1 aromatic carbocycles. The van der Waals surface area contributed by atoms with Gasteiger partial charge in [-0.25, -0.2) is 27.9 Å². The van der Waals surface area contributed by atoms with Gasteiger partial charge in [-0.2, -0.15) is 10.1 Å². The summed E-state index contributed by atoms with van der Waals surface area (Å²) in [5, 5.41) is 14.8. The van der Waals surface area contributed by atoms with Gasteiger partial charge in [0.1, 0.15) is 0 Å². The third-order valence-electron chi connectivity index (χ3n) is 5.39. The number of sulfonamides is 1. The van der Waals surface area contributed by atoms with Crippen molar-refractivity contribution in [3.05, 3.63) is 71.5 Å². The van der Waals surface area contributed by atoms with Gasteiger partial charge in [0.2, 0.25) is 16.0 Å². The molecule has 2 aromatic heterocycles. The highest BCUT2D eigenvalue weighted by atomic mass is 32.2. The monoisotopic (exact) mass is 510 g/mol. The van der Waals surface area contributed by atoms with Crippen molar-refractivity contribution in [2.75, 3.05) is 5.32 Å². The Balaban J connectivity index is 1.65. The number of nitrogens with zero attached hydrogens (tertiary/aromatic N) is 4. The van der Waals surface area contributed by atoms with Crippen molar-refractivity contribution in [2.24, 2.45) is 15.9 Å². The molecule has 1 aliphatic rings. The molecule has 11 nitrogen and oxygen atoms in total. The molecular formula is C23H23FN8O3S. The van der Waals surface area contributed by atoms with E-state index in [1.807, 2.05) is 6.92 Å². The predicted octanol–water partition coefficient (Wildman–Crippen LogP) is 2.65. The standard InChI is InChI=1S/C23H23FN8O3S/c1-2-13-11-28-32-20(13)19(21(25)33)14-5-3-6-15(9-14)29-22-18(24)12-27-23(31-22)30-16-7-4-8-17(10-16)36(26,34)35/h3-5,7-8,10-12H,2,6,9H2,1H3,(H2,25,33)(H,28,32)(H2,26,34,35)(H,27,30,31). The van der Waals surface area contributed by atoms with Gasteiger partial charge in [0, 0.05) is 24.2 Å². The molecule has 3 aromatic rings. The Bertz CT molecular complexity index is 1530. The maximum atomic E-state index is 14.5. The minimum Gasteiger partial charge on any atom is -0.366 e. The van der Waals surface area contributed by atoms with Gasteiger partial charge in [-0.3, -0.25) is 9.89 Å². The van der Waals surface area contributed by atoms with Crippen LogP contribution in [-0.2, 0) is 21.2 Å². The maximum absolute atomic E-state index is 14.5. The van der Waals surface area contributed by atoms with Crippen molar-refractivity contribution in [2.45, 2.75) is 31.1 Å². The largest absolute Gasteiger partial charge is 0.366 e. The first-order chi connectivity index (χ1) is 17.2. The number of aliphatic imine (C=N–C) groups is 1. The number of halogens is 1. The van der Waals surface area contributed by atoms with Gasteiger partial charge >= 0.3 is 0 Å². The van der Waals surface area contributed by atoms with Gasteiger partial charge < -0.3 is 11.1 Å². The lowest BCUT2D eigenvalue weighted by Gasteiger charge is -2.15. The van der Waals surface area contributed by atoms with E-state index in [1.54, 1.807) is 24.4 Å². The lowest BCUT2D eigenvalue weighted by molar-refractivity contribution is -0.112. The van der Waals surface area contributed by atoms with Crippen molar-refractivity contribution in [3.8, 4) is 0 Å². The number of carbonyl (C=O) groups excluding carboxylic acids is 1. The average molecular weight is 511 g/mol. The number of aryl methyl sites for hydroxylation is 1. The number of hydrogen-bond donors (Lipinski definition) is 4. The number of carbonyl (C=O) groups is 1. The van der Waals surface area contributed by atoms with Gasteiger partial charge in [-0.15, -0.1) is 0 Å². The molecule has 186 valence electrons. The Hall–Kier alpha value is -4.23. The lowest BCUT2D eigenvalue weighted by atomic mass is 9.92. The van der Waals surface area contributed by atoms with Crippen molar-refractivity contribution in [3.63, 3.8) is 0 Å². The van der Waals surface area contributed by atoms with Gasteiger partial charge in [-0.1, -0.05) is 25.1 Å². The number of amides is 1. The lowest BCUT2D eigenvalue weighted by Crippen LogP contribution is -2.18. The minimum absolute atomic E-state index is 0.00677. The number of nitrogens with one attached hydrogen (secondary N) is 2. The van der Waals surface area contributed by atoms with Crippen LogP contribution in [0.25, 0.3) is 5.57 Å². The van der Waals surface area contributed by atoms with E-state index in [1.165, 1.54) is 18.2 Å². The molecule has 13 heteroatoms. The number of benzene rings is 1. The fourth-order valence-corrected chi connectivity index (χ4v) is 4.27. The van der Waals surface area contributed by atoms with E-state index in [2.05, 4.69) is 30.5 Å². The number of nitrogens with two attached hydrogens (primary N) is 2.